The molecule has 1 aromatic rings. The summed E-state index contributed by atoms with van der Waals surface area (Å²) in [6.45, 7) is 7.44. The highest BCUT2D eigenvalue weighted by atomic mass is 16.5. The average molecular weight is 510 g/mol. The Balaban J connectivity index is 1.40. The monoisotopic (exact) mass is 509 g/mol. The number of fused-ring (bicyclic) bond motifs is 1. The van der Waals surface area contributed by atoms with Gasteiger partial charge in [-0.3, -0.25) is 14.4 Å². The second-order valence-corrected chi connectivity index (χ2v) is 10.9. The van der Waals surface area contributed by atoms with Gasteiger partial charge in [-0.2, -0.15) is 0 Å². The first-order valence-corrected chi connectivity index (χ1v) is 13.8. The minimum atomic E-state index is -1.13. The van der Waals surface area contributed by atoms with E-state index < -0.39 is 29.6 Å². The number of carbonyl (C=O) groups is 3. The fourth-order valence-corrected chi connectivity index (χ4v) is 6.56. The number of ether oxygens (including phenoxy) is 2. The lowest BCUT2D eigenvalue weighted by atomic mass is 9.74. The molecule has 0 aromatic heterocycles. The minimum Gasteiger partial charge on any atom is -0.382 e. The summed E-state index contributed by atoms with van der Waals surface area (Å²) in [5, 5.41) is 6.23. The lowest BCUT2D eigenvalue weighted by Crippen LogP contribution is -2.56. The highest BCUT2D eigenvalue weighted by Gasteiger charge is 2.72. The summed E-state index contributed by atoms with van der Waals surface area (Å²) in [5.41, 5.74) is 1.79. The van der Waals surface area contributed by atoms with Crippen molar-refractivity contribution in [3.05, 3.63) is 41.5 Å². The summed E-state index contributed by atoms with van der Waals surface area (Å²) in [6, 6.07) is 5.09. The van der Waals surface area contributed by atoms with E-state index in [-0.39, 0.29) is 23.8 Å². The molecule has 4 aliphatic rings. The zero-order valence-corrected chi connectivity index (χ0v) is 22.1. The highest BCUT2D eigenvalue weighted by molar-refractivity contribution is 6.02. The Hall–Kier alpha value is -2.71. The molecule has 3 heterocycles. The van der Waals surface area contributed by atoms with Crippen LogP contribution in [0.25, 0.3) is 0 Å². The number of benzene rings is 1. The fourth-order valence-electron chi connectivity index (χ4n) is 6.56. The smallest absolute Gasteiger partial charge is 0.246 e. The molecule has 3 fully saturated rings. The molecule has 200 valence electrons. The van der Waals surface area contributed by atoms with Gasteiger partial charge in [-0.1, -0.05) is 37.5 Å². The van der Waals surface area contributed by atoms with Gasteiger partial charge in [0.05, 0.1) is 17.9 Å². The van der Waals surface area contributed by atoms with Crippen molar-refractivity contribution in [2.75, 3.05) is 25.1 Å². The summed E-state index contributed by atoms with van der Waals surface area (Å²) in [4.78, 5) is 42.9. The number of likely N-dealkylation sites (tertiary alicyclic amines) is 1. The molecule has 2 bridgehead atoms. The molecule has 1 aromatic carbocycles. The third-order valence-corrected chi connectivity index (χ3v) is 8.54. The van der Waals surface area contributed by atoms with Gasteiger partial charge in [-0.15, -0.1) is 0 Å². The Morgan fingerprint density at radius 1 is 1.14 bits per heavy atom. The van der Waals surface area contributed by atoms with E-state index in [4.69, 9.17) is 9.47 Å². The standard InChI is InChI=1S/C29H39N3O5/c1-4-36-16-8-15-32-25(27(34)30-20-9-6-5-7-10-20)29-14-13-22(37-29)23(24(29)28(32)35)26(33)31-21-12-11-18(2)19(3)17-21/h11-14,17,20,22-25H,4-10,15-16H2,1-3H3,(H,30,34)(H,31,33). The Morgan fingerprint density at radius 2 is 1.92 bits per heavy atom. The van der Waals surface area contributed by atoms with Crippen LogP contribution in [-0.4, -0.2) is 66.2 Å². The number of hydrogen-bond donors (Lipinski definition) is 2. The van der Waals surface area contributed by atoms with Crippen LogP contribution in [0, 0.1) is 25.7 Å². The van der Waals surface area contributed by atoms with Crippen molar-refractivity contribution in [1.82, 2.24) is 10.2 Å². The molecular formula is C29H39N3O5. The maximum atomic E-state index is 13.9. The predicted molar refractivity (Wildman–Crippen MR) is 140 cm³/mol. The molecule has 1 aliphatic carbocycles. The molecule has 2 N–H and O–H groups in total. The van der Waals surface area contributed by atoms with Crippen molar-refractivity contribution in [2.24, 2.45) is 11.8 Å². The van der Waals surface area contributed by atoms with Crippen LogP contribution in [0.3, 0.4) is 0 Å². The molecule has 37 heavy (non-hydrogen) atoms. The first-order chi connectivity index (χ1) is 17.9. The third kappa shape index (κ3) is 4.70. The van der Waals surface area contributed by atoms with Gasteiger partial charge in [-0.25, -0.2) is 0 Å². The van der Waals surface area contributed by atoms with Crippen LogP contribution >= 0.6 is 0 Å². The van der Waals surface area contributed by atoms with Crippen LogP contribution in [0.5, 0.6) is 0 Å². The summed E-state index contributed by atoms with van der Waals surface area (Å²) in [6.07, 6.45) is 9.10. The number of nitrogens with one attached hydrogen (secondary N) is 2. The molecule has 1 spiro atoms. The quantitative estimate of drug-likeness (QED) is 0.393. The average Bonchev–Trinajstić information content (AvgIpc) is 3.52. The SMILES string of the molecule is CCOCCCN1C(=O)C2C(C(=O)Nc3ccc(C)c(C)c3)C3C=CC2(O3)C1C(=O)NC1CCCCC1. The van der Waals surface area contributed by atoms with E-state index in [1.54, 1.807) is 4.90 Å². The summed E-state index contributed by atoms with van der Waals surface area (Å²) < 4.78 is 11.9. The Bertz CT molecular complexity index is 1080. The van der Waals surface area contributed by atoms with Crippen molar-refractivity contribution in [3.63, 3.8) is 0 Å². The van der Waals surface area contributed by atoms with Crippen molar-refractivity contribution >= 4 is 23.4 Å². The number of anilines is 1. The molecule has 5 rings (SSSR count). The summed E-state index contributed by atoms with van der Waals surface area (Å²) in [5.74, 6) is -2.04. The molecule has 8 nitrogen and oxygen atoms in total. The number of nitrogens with zero attached hydrogens (tertiary/aromatic N) is 1. The van der Waals surface area contributed by atoms with E-state index in [1.165, 1.54) is 6.42 Å². The van der Waals surface area contributed by atoms with Crippen LogP contribution in [0.4, 0.5) is 5.69 Å². The summed E-state index contributed by atoms with van der Waals surface area (Å²) >= 11 is 0. The number of amides is 3. The second-order valence-electron chi connectivity index (χ2n) is 10.9. The predicted octanol–water partition coefficient (Wildman–Crippen LogP) is 3.27. The largest absolute Gasteiger partial charge is 0.382 e. The van der Waals surface area contributed by atoms with Crippen molar-refractivity contribution in [1.29, 1.82) is 0 Å². The zero-order valence-electron chi connectivity index (χ0n) is 22.1. The minimum absolute atomic E-state index is 0.114. The van der Waals surface area contributed by atoms with Crippen LogP contribution < -0.4 is 10.6 Å². The van der Waals surface area contributed by atoms with E-state index in [9.17, 15) is 14.4 Å². The van der Waals surface area contributed by atoms with Crippen LogP contribution in [0.2, 0.25) is 0 Å². The van der Waals surface area contributed by atoms with Crippen LogP contribution in [0.1, 0.15) is 56.6 Å². The van der Waals surface area contributed by atoms with Gasteiger partial charge in [0.1, 0.15) is 11.6 Å². The lowest BCUT2D eigenvalue weighted by Gasteiger charge is -2.34. The van der Waals surface area contributed by atoms with E-state index in [0.717, 1.165) is 36.8 Å². The maximum absolute atomic E-state index is 13.9. The van der Waals surface area contributed by atoms with Gasteiger partial charge in [0.15, 0.2) is 0 Å². The molecule has 5 atom stereocenters. The van der Waals surface area contributed by atoms with Gasteiger partial charge < -0.3 is 25.0 Å². The van der Waals surface area contributed by atoms with E-state index in [2.05, 4.69) is 10.6 Å². The van der Waals surface area contributed by atoms with Gasteiger partial charge in [-0.05, 0) is 63.3 Å². The maximum Gasteiger partial charge on any atom is 0.246 e. The molecule has 2 saturated heterocycles. The highest BCUT2D eigenvalue weighted by Crippen LogP contribution is 2.55. The molecule has 0 radical (unpaired) electrons. The Morgan fingerprint density at radius 3 is 2.65 bits per heavy atom. The third-order valence-electron chi connectivity index (χ3n) is 8.54. The van der Waals surface area contributed by atoms with Gasteiger partial charge >= 0.3 is 0 Å². The molecule has 1 saturated carbocycles. The molecule has 3 amide bonds. The van der Waals surface area contributed by atoms with Crippen molar-refractivity contribution < 1.29 is 23.9 Å². The molecule has 3 aliphatic heterocycles. The lowest BCUT2D eigenvalue weighted by molar-refractivity contribution is -0.141. The number of carbonyl (C=O) groups excluding carboxylic acids is 3. The second kappa shape index (κ2) is 10.6. The van der Waals surface area contributed by atoms with Gasteiger partial charge in [0, 0.05) is 31.5 Å². The molecule has 8 heteroatoms. The van der Waals surface area contributed by atoms with Gasteiger partial charge in [0.25, 0.3) is 0 Å². The van der Waals surface area contributed by atoms with Crippen molar-refractivity contribution in [2.45, 2.75) is 83.1 Å². The van der Waals surface area contributed by atoms with Crippen LogP contribution in [-0.2, 0) is 23.9 Å². The Labute approximate surface area is 219 Å². The zero-order chi connectivity index (χ0) is 26.2. The topological polar surface area (TPSA) is 97.0 Å². The fraction of sp³-hybridized carbons (Fsp3) is 0.621. The van der Waals surface area contributed by atoms with Crippen LogP contribution in [0.15, 0.2) is 30.4 Å². The Kier molecular flexibility index (Phi) is 7.41. The number of aryl methyl sites for hydroxylation is 2. The molecule has 5 unspecified atom stereocenters. The normalized spacial score (nSPS) is 30.6. The van der Waals surface area contributed by atoms with E-state index >= 15 is 0 Å². The number of hydrogen-bond acceptors (Lipinski definition) is 5. The summed E-state index contributed by atoms with van der Waals surface area (Å²) in [7, 11) is 0. The first-order valence-electron chi connectivity index (χ1n) is 13.8. The first kappa shape index (κ1) is 25.9. The van der Waals surface area contributed by atoms with E-state index in [1.807, 2.05) is 51.1 Å². The van der Waals surface area contributed by atoms with Gasteiger partial charge in [0.2, 0.25) is 17.7 Å². The molecular weight excluding hydrogens is 470 g/mol. The number of rotatable bonds is 9. The van der Waals surface area contributed by atoms with Crippen molar-refractivity contribution in [3.8, 4) is 0 Å². The van der Waals surface area contributed by atoms with E-state index in [0.29, 0.717) is 31.9 Å².